The molecule has 1 aromatic heterocycles. The highest BCUT2D eigenvalue weighted by Gasteiger charge is 2.19. The van der Waals surface area contributed by atoms with Gasteiger partial charge in [0.2, 0.25) is 0 Å². The van der Waals surface area contributed by atoms with Crippen molar-refractivity contribution in [3.8, 4) is 17.0 Å². The van der Waals surface area contributed by atoms with E-state index in [1.165, 1.54) is 11.3 Å². The average Bonchev–Trinajstić information content (AvgIpc) is 3.10. The minimum absolute atomic E-state index is 0.0500. The highest BCUT2D eigenvalue weighted by atomic mass is 32.1. The van der Waals surface area contributed by atoms with Crippen molar-refractivity contribution in [3.05, 3.63) is 75.4 Å². The molecule has 0 aliphatic rings. The third-order valence-electron chi connectivity index (χ3n) is 3.50. The third-order valence-corrected chi connectivity index (χ3v) is 4.32. The van der Waals surface area contributed by atoms with Gasteiger partial charge in [-0.05, 0) is 17.7 Å². The van der Waals surface area contributed by atoms with Crippen LogP contribution in [0.4, 0.5) is 14.5 Å². The molecule has 0 atom stereocenters. The molecular formula is C18H11F2N3O2S. The maximum absolute atomic E-state index is 14.1. The first-order valence-corrected chi connectivity index (χ1v) is 8.20. The maximum Gasteiger partial charge on any atom is 0.254 e. The predicted molar refractivity (Wildman–Crippen MR) is 93.0 cm³/mol. The van der Waals surface area contributed by atoms with Gasteiger partial charge in [0.15, 0.2) is 17.3 Å². The molecule has 0 bridgehead atoms. The second kappa shape index (κ2) is 7.29. The lowest BCUT2D eigenvalue weighted by molar-refractivity contribution is 0.0991. The molecule has 0 aliphatic carbocycles. The Labute approximate surface area is 151 Å². The van der Waals surface area contributed by atoms with E-state index in [9.17, 15) is 13.6 Å². The van der Waals surface area contributed by atoms with Crippen molar-refractivity contribution in [2.45, 2.75) is 6.61 Å². The lowest BCUT2D eigenvalue weighted by Gasteiger charge is -2.08. The number of nitrogens with two attached hydrogens (primary N) is 1. The topological polar surface area (TPSA) is 69.6 Å². The smallest absolute Gasteiger partial charge is 0.254 e. The van der Waals surface area contributed by atoms with E-state index in [-0.39, 0.29) is 12.4 Å². The zero-order valence-corrected chi connectivity index (χ0v) is 14.0. The fourth-order valence-electron chi connectivity index (χ4n) is 2.23. The van der Waals surface area contributed by atoms with E-state index in [0.29, 0.717) is 16.4 Å². The molecule has 1 heterocycles. The number of primary amides is 1. The van der Waals surface area contributed by atoms with Crippen LogP contribution in [0.25, 0.3) is 16.1 Å². The molecule has 1 amide bonds. The van der Waals surface area contributed by atoms with Crippen molar-refractivity contribution in [1.82, 2.24) is 4.98 Å². The van der Waals surface area contributed by atoms with Gasteiger partial charge in [-0.15, -0.1) is 11.3 Å². The summed E-state index contributed by atoms with van der Waals surface area (Å²) in [6.07, 6.45) is 0. The van der Waals surface area contributed by atoms with Crippen LogP contribution in [0.15, 0.2) is 41.8 Å². The first kappa shape index (κ1) is 17.5. The molecule has 0 radical (unpaired) electrons. The van der Waals surface area contributed by atoms with Crippen LogP contribution in [-0.4, -0.2) is 10.9 Å². The molecule has 3 aromatic rings. The van der Waals surface area contributed by atoms with Gasteiger partial charge in [0, 0.05) is 5.38 Å². The van der Waals surface area contributed by atoms with Crippen LogP contribution in [0.3, 0.4) is 0 Å². The van der Waals surface area contributed by atoms with Gasteiger partial charge in [-0.2, -0.15) is 0 Å². The van der Waals surface area contributed by atoms with Gasteiger partial charge in [-0.1, -0.05) is 24.3 Å². The van der Waals surface area contributed by atoms with E-state index in [4.69, 9.17) is 17.0 Å². The number of rotatable bonds is 5. The summed E-state index contributed by atoms with van der Waals surface area (Å²) in [6.45, 7) is 6.89. The van der Waals surface area contributed by atoms with Gasteiger partial charge in [-0.3, -0.25) is 4.79 Å². The number of benzene rings is 2. The predicted octanol–water partition coefficient (Wildman–Crippen LogP) is 4.32. The minimum atomic E-state index is -1.20. The molecule has 0 unspecified atom stereocenters. The van der Waals surface area contributed by atoms with Crippen LogP contribution in [-0.2, 0) is 6.61 Å². The molecule has 2 N–H and O–H groups in total. The highest BCUT2D eigenvalue weighted by Crippen LogP contribution is 2.27. The lowest BCUT2D eigenvalue weighted by Crippen LogP contribution is -2.16. The number of halogens is 2. The Hall–Kier alpha value is -3.31. The van der Waals surface area contributed by atoms with Gasteiger partial charge >= 0.3 is 0 Å². The summed E-state index contributed by atoms with van der Waals surface area (Å²) in [7, 11) is 0. The van der Waals surface area contributed by atoms with E-state index >= 15 is 0 Å². The fraction of sp³-hybridized carbons (Fsp3) is 0.0556. The third kappa shape index (κ3) is 3.53. The second-order valence-corrected chi connectivity index (χ2v) is 6.12. The molecule has 0 saturated carbocycles. The summed E-state index contributed by atoms with van der Waals surface area (Å²) < 4.78 is 32.9. The Kier molecular flexibility index (Phi) is 4.91. The van der Waals surface area contributed by atoms with E-state index in [1.54, 1.807) is 29.6 Å². The van der Waals surface area contributed by atoms with Gasteiger partial charge in [-0.25, -0.2) is 18.6 Å². The maximum atomic E-state index is 14.1. The van der Waals surface area contributed by atoms with Crippen LogP contribution in [0.1, 0.15) is 15.4 Å². The fourth-order valence-corrected chi connectivity index (χ4v) is 2.94. The highest BCUT2D eigenvalue weighted by molar-refractivity contribution is 7.09. The number of hydrogen-bond acceptors (Lipinski definition) is 4. The van der Waals surface area contributed by atoms with Crippen LogP contribution in [0, 0.1) is 18.2 Å². The first-order chi connectivity index (χ1) is 12.5. The zero-order chi connectivity index (χ0) is 18.7. The number of carbonyl (C=O) groups excluding carboxylic acids is 1. The molecule has 2 aromatic carbocycles. The summed E-state index contributed by atoms with van der Waals surface area (Å²) >= 11 is 1.31. The Bertz CT molecular complexity index is 1010. The lowest BCUT2D eigenvalue weighted by atomic mass is 10.1. The largest absolute Gasteiger partial charge is 0.483 e. The van der Waals surface area contributed by atoms with Crippen molar-refractivity contribution in [1.29, 1.82) is 0 Å². The first-order valence-electron chi connectivity index (χ1n) is 7.32. The SMILES string of the molecule is [C-]#[N+]c1ccc(-c2csc(COc3ccc(F)c(C(N)=O)c3F)n2)cc1. The van der Waals surface area contributed by atoms with Crippen molar-refractivity contribution >= 4 is 22.9 Å². The number of amides is 1. The number of ether oxygens (including phenoxy) is 1. The molecule has 0 fully saturated rings. The monoisotopic (exact) mass is 371 g/mol. The van der Waals surface area contributed by atoms with Crippen molar-refractivity contribution in [3.63, 3.8) is 0 Å². The van der Waals surface area contributed by atoms with E-state index in [1.807, 2.05) is 0 Å². The van der Waals surface area contributed by atoms with Crippen molar-refractivity contribution in [2.75, 3.05) is 0 Å². The zero-order valence-electron chi connectivity index (χ0n) is 13.2. The van der Waals surface area contributed by atoms with Crippen molar-refractivity contribution < 1.29 is 18.3 Å². The van der Waals surface area contributed by atoms with Gasteiger partial charge in [0.25, 0.3) is 5.91 Å². The molecule has 0 saturated heterocycles. The molecule has 0 spiro atoms. The molecule has 5 nitrogen and oxygen atoms in total. The summed E-state index contributed by atoms with van der Waals surface area (Å²) in [5.41, 5.74) is 6.21. The summed E-state index contributed by atoms with van der Waals surface area (Å²) in [5.74, 6) is -3.66. The summed E-state index contributed by atoms with van der Waals surface area (Å²) in [6, 6.07) is 8.96. The van der Waals surface area contributed by atoms with E-state index in [2.05, 4.69) is 9.83 Å². The Morgan fingerprint density at radius 1 is 1.23 bits per heavy atom. The van der Waals surface area contributed by atoms with Crippen LogP contribution in [0.5, 0.6) is 5.75 Å². The Morgan fingerprint density at radius 3 is 2.62 bits per heavy atom. The molecule has 8 heteroatoms. The van der Waals surface area contributed by atoms with Gasteiger partial charge in [0.1, 0.15) is 23.0 Å². The van der Waals surface area contributed by atoms with Gasteiger partial charge < -0.3 is 10.5 Å². The number of hydrogen-bond donors (Lipinski definition) is 1. The van der Waals surface area contributed by atoms with Crippen LogP contribution >= 0.6 is 11.3 Å². The number of nitrogens with zero attached hydrogens (tertiary/aromatic N) is 2. The summed E-state index contributed by atoms with van der Waals surface area (Å²) in [5, 5.41) is 2.38. The van der Waals surface area contributed by atoms with Crippen LogP contribution in [0.2, 0.25) is 0 Å². The summed E-state index contributed by atoms with van der Waals surface area (Å²) in [4.78, 5) is 18.8. The Morgan fingerprint density at radius 2 is 1.96 bits per heavy atom. The van der Waals surface area contributed by atoms with Crippen molar-refractivity contribution in [2.24, 2.45) is 5.73 Å². The molecular weight excluding hydrogens is 360 g/mol. The van der Waals surface area contributed by atoms with E-state index in [0.717, 1.165) is 17.7 Å². The van der Waals surface area contributed by atoms with Crippen LogP contribution < -0.4 is 10.5 Å². The second-order valence-electron chi connectivity index (χ2n) is 5.17. The molecule has 0 aliphatic heterocycles. The quantitative estimate of drug-likeness (QED) is 0.679. The number of thiazole rings is 1. The Balaban J connectivity index is 1.75. The standard InChI is InChI=1S/C18H11F2N3O2S/c1-22-11-4-2-10(3-5-11)13-9-26-15(23-13)8-25-14-7-6-12(19)16(17(14)20)18(21)24/h2-7,9H,8H2,(H2,21,24). The normalized spacial score (nSPS) is 10.3. The average molecular weight is 371 g/mol. The minimum Gasteiger partial charge on any atom is -0.483 e. The number of carbonyl (C=O) groups is 1. The molecule has 3 rings (SSSR count). The number of aromatic nitrogens is 1. The van der Waals surface area contributed by atoms with Gasteiger partial charge in [0.05, 0.1) is 12.3 Å². The molecule has 130 valence electrons. The molecule has 26 heavy (non-hydrogen) atoms. The van der Waals surface area contributed by atoms with E-state index < -0.39 is 23.1 Å².